The van der Waals surface area contributed by atoms with Crippen molar-refractivity contribution in [2.24, 2.45) is 5.41 Å². The van der Waals surface area contributed by atoms with Crippen LogP contribution in [0.15, 0.2) is 0 Å². The molecule has 0 aromatic heterocycles. The summed E-state index contributed by atoms with van der Waals surface area (Å²) in [5.41, 5.74) is -0.278. The van der Waals surface area contributed by atoms with Gasteiger partial charge in [0.15, 0.2) is 0 Å². The molecule has 0 atom stereocenters. The van der Waals surface area contributed by atoms with Gasteiger partial charge < -0.3 is 4.74 Å². The van der Waals surface area contributed by atoms with Crippen molar-refractivity contribution >= 4 is 11.8 Å². The third-order valence-corrected chi connectivity index (χ3v) is 2.00. The normalized spacial score (nSPS) is 11.1. The van der Waals surface area contributed by atoms with E-state index in [9.17, 15) is 9.59 Å². The first-order valence-corrected chi connectivity index (χ1v) is 5.08. The molecule has 0 aliphatic heterocycles. The summed E-state index contributed by atoms with van der Waals surface area (Å²) in [5, 5.41) is 0. The number of ketones is 1. The Bertz CT molecular complexity index is 207. The summed E-state index contributed by atoms with van der Waals surface area (Å²) in [6, 6.07) is 0. The minimum absolute atomic E-state index is 0.194. The van der Waals surface area contributed by atoms with Crippen molar-refractivity contribution in [3.8, 4) is 0 Å². The molecule has 3 heteroatoms. The van der Waals surface area contributed by atoms with E-state index in [-0.39, 0.29) is 17.2 Å². The number of carbonyl (C=O) groups is 2. The quantitative estimate of drug-likeness (QED) is 0.618. The van der Waals surface area contributed by atoms with E-state index < -0.39 is 0 Å². The highest BCUT2D eigenvalue weighted by atomic mass is 16.5. The Morgan fingerprint density at radius 2 is 1.71 bits per heavy atom. The minimum atomic E-state index is -0.278. The Morgan fingerprint density at radius 3 is 2.14 bits per heavy atom. The van der Waals surface area contributed by atoms with Crippen molar-refractivity contribution in [3.05, 3.63) is 0 Å². The smallest absolute Gasteiger partial charge is 0.306 e. The molecule has 0 N–H and O–H groups in total. The molecular formula is C11H20O3. The fourth-order valence-corrected chi connectivity index (χ4v) is 1.32. The van der Waals surface area contributed by atoms with Crippen LogP contribution in [0.25, 0.3) is 0 Å². The molecule has 0 heterocycles. The predicted molar refractivity (Wildman–Crippen MR) is 54.9 cm³/mol. The third-order valence-electron chi connectivity index (χ3n) is 2.00. The van der Waals surface area contributed by atoms with Crippen LogP contribution in [0.5, 0.6) is 0 Å². The molecule has 0 aromatic rings. The van der Waals surface area contributed by atoms with E-state index in [0.717, 1.165) is 0 Å². The van der Waals surface area contributed by atoms with Gasteiger partial charge in [-0.1, -0.05) is 20.8 Å². The second-order valence-electron chi connectivity index (χ2n) is 4.22. The lowest BCUT2D eigenvalue weighted by atomic mass is 9.83. The molecule has 0 saturated heterocycles. The zero-order valence-electron chi connectivity index (χ0n) is 9.55. The van der Waals surface area contributed by atoms with Crippen LogP contribution in [-0.2, 0) is 14.3 Å². The van der Waals surface area contributed by atoms with Gasteiger partial charge in [0.05, 0.1) is 13.0 Å². The summed E-state index contributed by atoms with van der Waals surface area (Å²) in [5.74, 6) is -0.0271. The number of ether oxygens (including phenoxy) is 1. The van der Waals surface area contributed by atoms with Crippen LogP contribution >= 0.6 is 0 Å². The molecule has 0 rings (SSSR count). The summed E-state index contributed by atoms with van der Waals surface area (Å²) in [4.78, 5) is 22.4. The first-order chi connectivity index (χ1) is 6.41. The fourth-order valence-electron chi connectivity index (χ4n) is 1.32. The van der Waals surface area contributed by atoms with Crippen LogP contribution in [0.3, 0.4) is 0 Å². The van der Waals surface area contributed by atoms with Gasteiger partial charge in [-0.05, 0) is 12.3 Å². The van der Waals surface area contributed by atoms with Gasteiger partial charge in [-0.2, -0.15) is 0 Å². The number of rotatable bonds is 6. The van der Waals surface area contributed by atoms with Gasteiger partial charge in [0.25, 0.3) is 0 Å². The van der Waals surface area contributed by atoms with E-state index in [4.69, 9.17) is 4.74 Å². The molecule has 0 unspecified atom stereocenters. The average molecular weight is 200 g/mol. The van der Waals surface area contributed by atoms with Gasteiger partial charge in [0, 0.05) is 12.8 Å². The van der Waals surface area contributed by atoms with E-state index >= 15 is 0 Å². The number of esters is 1. The predicted octanol–water partition coefficient (Wildman–Crippen LogP) is 2.33. The average Bonchev–Trinajstić information content (AvgIpc) is 2.02. The van der Waals surface area contributed by atoms with Gasteiger partial charge in [-0.3, -0.25) is 9.59 Å². The lowest BCUT2D eigenvalue weighted by molar-refractivity contribution is -0.145. The summed E-state index contributed by atoms with van der Waals surface area (Å²) in [6.07, 6.45) is 1.29. The van der Waals surface area contributed by atoms with Crippen LogP contribution in [0.1, 0.15) is 47.0 Å². The van der Waals surface area contributed by atoms with E-state index in [0.29, 0.717) is 25.9 Å². The topological polar surface area (TPSA) is 43.4 Å². The van der Waals surface area contributed by atoms with E-state index in [2.05, 4.69) is 0 Å². The van der Waals surface area contributed by atoms with Crippen molar-refractivity contribution in [2.45, 2.75) is 47.0 Å². The number of hydrogen-bond acceptors (Lipinski definition) is 3. The fraction of sp³-hybridized carbons (Fsp3) is 0.818. The zero-order valence-corrected chi connectivity index (χ0v) is 9.55. The van der Waals surface area contributed by atoms with Crippen molar-refractivity contribution < 1.29 is 14.3 Å². The van der Waals surface area contributed by atoms with E-state index in [1.54, 1.807) is 6.92 Å². The van der Waals surface area contributed by atoms with Crippen molar-refractivity contribution in [1.82, 2.24) is 0 Å². The molecule has 0 saturated carbocycles. The zero-order chi connectivity index (χ0) is 11.2. The van der Waals surface area contributed by atoms with Gasteiger partial charge in [0.2, 0.25) is 0 Å². The summed E-state index contributed by atoms with van der Waals surface area (Å²) < 4.78 is 4.84. The van der Waals surface area contributed by atoms with Crippen molar-refractivity contribution in [1.29, 1.82) is 0 Å². The summed E-state index contributed by atoms with van der Waals surface area (Å²) in [7, 11) is 0. The van der Waals surface area contributed by atoms with Crippen LogP contribution < -0.4 is 0 Å². The molecule has 3 nitrogen and oxygen atoms in total. The van der Waals surface area contributed by atoms with Crippen LogP contribution in [0, 0.1) is 5.41 Å². The number of Topliss-reactive ketones (excluding diaryl/α,β-unsaturated/α-hetero) is 1. The highest BCUT2D eigenvalue weighted by Crippen LogP contribution is 2.26. The molecule has 0 aliphatic rings. The molecule has 0 fully saturated rings. The molecule has 0 amide bonds. The van der Waals surface area contributed by atoms with Crippen molar-refractivity contribution in [2.75, 3.05) is 6.61 Å². The van der Waals surface area contributed by atoms with Crippen LogP contribution in [-0.4, -0.2) is 18.4 Å². The number of carbonyl (C=O) groups excluding carboxylic acids is 2. The standard InChI is InChI=1S/C11H20O3/c1-5-9(12)7-11(3,4)8-10(13)14-6-2/h5-8H2,1-4H3. The maximum Gasteiger partial charge on any atom is 0.306 e. The highest BCUT2D eigenvalue weighted by molar-refractivity contribution is 5.79. The highest BCUT2D eigenvalue weighted by Gasteiger charge is 2.25. The number of hydrogen-bond donors (Lipinski definition) is 0. The monoisotopic (exact) mass is 200 g/mol. The maximum atomic E-state index is 11.2. The lowest BCUT2D eigenvalue weighted by Gasteiger charge is -2.22. The lowest BCUT2D eigenvalue weighted by Crippen LogP contribution is -2.22. The minimum Gasteiger partial charge on any atom is -0.466 e. The molecular weight excluding hydrogens is 180 g/mol. The van der Waals surface area contributed by atoms with Gasteiger partial charge in [0.1, 0.15) is 5.78 Å². The first-order valence-electron chi connectivity index (χ1n) is 5.08. The van der Waals surface area contributed by atoms with Crippen LogP contribution in [0.4, 0.5) is 0 Å². The summed E-state index contributed by atoms with van der Waals surface area (Å²) >= 11 is 0. The molecule has 14 heavy (non-hydrogen) atoms. The third kappa shape index (κ3) is 5.73. The van der Waals surface area contributed by atoms with Gasteiger partial charge >= 0.3 is 5.97 Å². The molecule has 0 radical (unpaired) electrons. The van der Waals surface area contributed by atoms with E-state index in [1.165, 1.54) is 0 Å². The first kappa shape index (κ1) is 13.1. The van der Waals surface area contributed by atoms with Crippen molar-refractivity contribution in [3.63, 3.8) is 0 Å². The molecule has 82 valence electrons. The Labute approximate surface area is 85.8 Å². The second kappa shape index (κ2) is 5.78. The summed E-state index contributed by atoms with van der Waals surface area (Å²) in [6.45, 7) is 7.84. The molecule has 0 bridgehead atoms. The Kier molecular flexibility index (Phi) is 5.43. The molecule has 0 spiro atoms. The maximum absolute atomic E-state index is 11.2. The SMILES string of the molecule is CCOC(=O)CC(C)(C)CC(=O)CC. The second-order valence-corrected chi connectivity index (χ2v) is 4.22. The Hall–Kier alpha value is -0.860. The molecule has 0 aromatic carbocycles. The van der Waals surface area contributed by atoms with E-state index in [1.807, 2.05) is 20.8 Å². The Morgan fingerprint density at radius 1 is 1.14 bits per heavy atom. The molecule has 0 aliphatic carbocycles. The van der Waals surface area contributed by atoms with Crippen LogP contribution in [0.2, 0.25) is 0 Å². The Balaban J connectivity index is 4.05. The van der Waals surface area contributed by atoms with Gasteiger partial charge in [-0.25, -0.2) is 0 Å². The van der Waals surface area contributed by atoms with Gasteiger partial charge in [-0.15, -0.1) is 0 Å². The largest absolute Gasteiger partial charge is 0.466 e.